The van der Waals surface area contributed by atoms with Crippen LogP contribution in [0.1, 0.15) is 39.2 Å². The summed E-state index contributed by atoms with van der Waals surface area (Å²) in [5.74, 6) is -0.201. The van der Waals surface area contributed by atoms with E-state index in [0.717, 1.165) is 18.4 Å². The average molecular weight is 319 g/mol. The lowest BCUT2D eigenvalue weighted by molar-refractivity contribution is -0.126. The van der Waals surface area contributed by atoms with Gasteiger partial charge in [0.15, 0.2) is 0 Å². The number of carbonyl (C=O) groups excluding carboxylic acids is 2. The Morgan fingerprint density at radius 3 is 2.70 bits per heavy atom. The van der Waals surface area contributed by atoms with Crippen molar-refractivity contribution in [3.63, 3.8) is 0 Å². The topological polar surface area (TPSA) is 71.5 Å². The van der Waals surface area contributed by atoms with Gasteiger partial charge in [-0.15, -0.1) is 0 Å². The summed E-state index contributed by atoms with van der Waals surface area (Å²) in [5.41, 5.74) is 0.487. The molecule has 6 nitrogen and oxygen atoms in total. The van der Waals surface area contributed by atoms with E-state index in [9.17, 15) is 9.59 Å². The van der Waals surface area contributed by atoms with E-state index in [1.165, 1.54) is 0 Å². The Kier molecular flexibility index (Phi) is 5.58. The summed E-state index contributed by atoms with van der Waals surface area (Å²) in [7, 11) is 0. The van der Waals surface area contributed by atoms with Gasteiger partial charge in [-0.25, -0.2) is 4.79 Å². The second-order valence-electron chi connectivity index (χ2n) is 6.84. The van der Waals surface area contributed by atoms with E-state index >= 15 is 0 Å². The maximum atomic E-state index is 12.3. The molecule has 126 valence electrons. The third-order valence-corrected chi connectivity index (χ3v) is 3.66. The van der Waals surface area contributed by atoms with Gasteiger partial charge in [-0.1, -0.05) is 0 Å². The molecule has 0 radical (unpaired) electrons. The first-order valence-corrected chi connectivity index (χ1v) is 8.00. The van der Waals surface area contributed by atoms with Crippen LogP contribution in [0.2, 0.25) is 0 Å². The molecule has 0 spiro atoms. The van der Waals surface area contributed by atoms with Gasteiger partial charge in [-0.05, 0) is 51.3 Å². The Morgan fingerprint density at radius 1 is 1.35 bits per heavy atom. The van der Waals surface area contributed by atoms with Crippen LogP contribution in [0.4, 0.5) is 4.79 Å². The van der Waals surface area contributed by atoms with Crippen LogP contribution in [0.15, 0.2) is 24.5 Å². The van der Waals surface area contributed by atoms with Crippen LogP contribution in [0.5, 0.6) is 0 Å². The first-order valence-electron chi connectivity index (χ1n) is 8.00. The van der Waals surface area contributed by atoms with Gasteiger partial charge in [0.1, 0.15) is 5.60 Å². The van der Waals surface area contributed by atoms with Crippen LogP contribution in [-0.4, -0.2) is 40.6 Å². The minimum atomic E-state index is -0.520. The monoisotopic (exact) mass is 319 g/mol. The molecule has 1 N–H and O–H groups in total. The molecular formula is C17H25N3O3. The molecule has 1 aliphatic heterocycles. The molecule has 1 aromatic heterocycles. The Labute approximate surface area is 137 Å². The van der Waals surface area contributed by atoms with Crippen LogP contribution in [0, 0.1) is 5.92 Å². The fraction of sp³-hybridized carbons (Fsp3) is 0.588. The number of aromatic nitrogens is 1. The van der Waals surface area contributed by atoms with E-state index in [-0.39, 0.29) is 17.9 Å². The van der Waals surface area contributed by atoms with E-state index in [0.29, 0.717) is 19.6 Å². The van der Waals surface area contributed by atoms with Crippen molar-refractivity contribution >= 4 is 12.0 Å². The standard InChI is InChI=1S/C17H25N3O3/c1-17(2,3)23-16(22)20-10-4-5-14(12-20)15(21)19-11-13-6-8-18-9-7-13/h6-9,14H,4-5,10-12H2,1-3H3,(H,19,21)/t14-/m0/s1. The van der Waals surface area contributed by atoms with E-state index < -0.39 is 5.60 Å². The van der Waals surface area contributed by atoms with Gasteiger partial charge in [-0.2, -0.15) is 0 Å². The molecule has 23 heavy (non-hydrogen) atoms. The second kappa shape index (κ2) is 7.44. The lowest BCUT2D eigenvalue weighted by Gasteiger charge is -2.33. The van der Waals surface area contributed by atoms with Gasteiger partial charge in [0.05, 0.1) is 5.92 Å². The van der Waals surface area contributed by atoms with Crippen LogP contribution in [0.3, 0.4) is 0 Å². The van der Waals surface area contributed by atoms with Gasteiger partial charge >= 0.3 is 6.09 Å². The highest BCUT2D eigenvalue weighted by molar-refractivity contribution is 5.80. The van der Waals surface area contributed by atoms with E-state index in [1.807, 2.05) is 32.9 Å². The van der Waals surface area contributed by atoms with Crippen molar-refractivity contribution in [3.05, 3.63) is 30.1 Å². The number of piperidine rings is 1. The zero-order valence-corrected chi connectivity index (χ0v) is 14.0. The number of rotatable bonds is 3. The molecule has 0 bridgehead atoms. The Bertz CT molecular complexity index is 540. The summed E-state index contributed by atoms with van der Waals surface area (Å²) in [4.78, 5) is 30.0. The van der Waals surface area contributed by atoms with Crippen LogP contribution < -0.4 is 5.32 Å². The molecule has 1 aromatic rings. The third-order valence-electron chi connectivity index (χ3n) is 3.66. The van der Waals surface area contributed by atoms with Gasteiger partial charge in [0.25, 0.3) is 0 Å². The van der Waals surface area contributed by atoms with E-state index in [1.54, 1.807) is 17.3 Å². The maximum Gasteiger partial charge on any atom is 0.410 e. The van der Waals surface area contributed by atoms with Gasteiger partial charge in [0, 0.05) is 32.0 Å². The van der Waals surface area contributed by atoms with Gasteiger partial charge < -0.3 is 15.0 Å². The van der Waals surface area contributed by atoms with E-state index in [4.69, 9.17) is 4.74 Å². The van der Waals surface area contributed by atoms with Crippen LogP contribution >= 0.6 is 0 Å². The first-order chi connectivity index (χ1) is 10.8. The normalized spacial score (nSPS) is 18.4. The van der Waals surface area contributed by atoms with Crippen LogP contribution in [0.25, 0.3) is 0 Å². The number of carbonyl (C=O) groups is 2. The number of ether oxygens (including phenoxy) is 1. The van der Waals surface area contributed by atoms with Gasteiger partial charge in [0.2, 0.25) is 5.91 Å². The highest BCUT2D eigenvalue weighted by atomic mass is 16.6. The average Bonchev–Trinajstić information content (AvgIpc) is 2.52. The summed E-state index contributed by atoms with van der Waals surface area (Å²) in [6.45, 7) is 7.06. The minimum absolute atomic E-state index is 0.0185. The summed E-state index contributed by atoms with van der Waals surface area (Å²) in [6, 6.07) is 3.74. The SMILES string of the molecule is CC(C)(C)OC(=O)N1CCC[C@H](C(=O)NCc2ccncc2)C1. The molecule has 1 aliphatic rings. The largest absolute Gasteiger partial charge is 0.444 e. The summed E-state index contributed by atoms with van der Waals surface area (Å²) < 4.78 is 5.38. The molecule has 2 rings (SSSR count). The summed E-state index contributed by atoms with van der Waals surface area (Å²) >= 11 is 0. The smallest absolute Gasteiger partial charge is 0.410 e. The summed E-state index contributed by atoms with van der Waals surface area (Å²) in [6.07, 6.45) is 4.66. The zero-order chi connectivity index (χ0) is 16.9. The number of amides is 2. The molecule has 2 amide bonds. The lowest BCUT2D eigenvalue weighted by atomic mass is 9.97. The number of nitrogens with one attached hydrogen (secondary N) is 1. The Morgan fingerprint density at radius 2 is 2.04 bits per heavy atom. The lowest BCUT2D eigenvalue weighted by Crippen LogP contribution is -2.46. The molecule has 6 heteroatoms. The molecule has 2 heterocycles. The Balaban J connectivity index is 1.85. The number of nitrogens with zero attached hydrogens (tertiary/aromatic N) is 2. The van der Waals surface area contributed by atoms with Crippen molar-refractivity contribution in [2.75, 3.05) is 13.1 Å². The zero-order valence-electron chi connectivity index (χ0n) is 14.0. The van der Waals surface area contributed by atoms with E-state index in [2.05, 4.69) is 10.3 Å². The molecule has 0 aromatic carbocycles. The molecule has 0 unspecified atom stereocenters. The van der Waals surface area contributed by atoms with Crippen molar-refractivity contribution in [1.82, 2.24) is 15.2 Å². The van der Waals surface area contributed by atoms with Gasteiger partial charge in [-0.3, -0.25) is 9.78 Å². The van der Waals surface area contributed by atoms with Crippen molar-refractivity contribution in [2.45, 2.75) is 45.8 Å². The molecule has 0 aliphatic carbocycles. The second-order valence-corrected chi connectivity index (χ2v) is 6.84. The molecular weight excluding hydrogens is 294 g/mol. The molecule has 1 atom stereocenters. The molecule has 0 saturated carbocycles. The fourth-order valence-electron chi connectivity index (χ4n) is 2.52. The van der Waals surface area contributed by atoms with Crippen molar-refractivity contribution in [2.24, 2.45) is 5.92 Å². The molecule has 1 saturated heterocycles. The summed E-state index contributed by atoms with van der Waals surface area (Å²) in [5, 5.41) is 2.93. The number of likely N-dealkylation sites (tertiary alicyclic amines) is 1. The molecule has 1 fully saturated rings. The predicted molar refractivity (Wildman–Crippen MR) is 86.6 cm³/mol. The quantitative estimate of drug-likeness (QED) is 0.928. The van der Waals surface area contributed by atoms with Crippen molar-refractivity contribution in [1.29, 1.82) is 0 Å². The van der Waals surface area contributed by atoms with Crippen molar-refractivity contribution in [3.8, 4) is 0 Å². The highest BCUT2D eigenvalue weighted by Crippen LogP contribution is 2.19. The predicted octanol–water partition coefficient (Wildman–Crippen LogP) is 2.34. The maximum absolute atomic E-state index is 12.3. The van der Waals surface area contributed by atoms with Crippen LogP contribution in [-0.2, 0) is 16.1 Å². The number of hydrogen-bond donors (Lipinski definition) is 1. The van der Waals surface area contributed by atoms with Crippen molar-refractivity contribution < 1.29 is 14.3 Å². The number of pyridine rings is 1. The number of hydrogen-bond acceptors (Lipinski definition) is 4. The highest BCUT2D eigenvalue weighted by Gasteiger charge is 2.30. The fourth-order valence-corrected chi connectivity index (χ4v) is 2.52. The third kappa shape index (κ3) is 5.54. The minimum Gasteiger partial charge on any atom is -0.444 e. The first kappa shape index (κ1) is 17.2. The Hall–Kier alpha value is -2.11.